The van der Waals surface area contributed by atoms with Crippen molar-refractivity contribution in [2.24, 2.45) is 11.8 Å². The quantitative estimate of drug-likeness (QED) is 0.907. The molecule has 1 aliphatic rings. The minimum atomic E-state index is -4.38. The fourth-order valence-electron chi connectivity index (χ4n) is 2.20. The van der Waals surface area contributed by atoms with Crippen molar-refractivity contribution >= 4 is 22.4 Å². The second kappa shape index (κ2) is 5.39. The number of nitrogens with one attached hydrogen (secondary N) is 1. The van der Waals surface area contributed by atoms with E-state index in [-0.39, 0.29) is 11.8 Å². The van der Waals surface area contributed by atoms with E-state index in [0.717, 1.165) is 18.6 Å². The van der Waals surface area contributed by atoms with E-state index in [1.54, 1.807) is 11.4 Å². The lowest BCUT2D eigenvalue weighted by molar-refractivity contribution is -0.137. The van der Waals surface area contributed by atoms with Gasteiger partial charge in [-0.3, -0.25) is 4.79 Å². The first kappa shape index (κ1) is 15.0. The van der Waals surface area contributed by atoms with Crippen LogP contribution in [-0.4, -0.2) is 10.9 Å². The van der Waals surface area contributed by atoms with Crippen LogP contribution in [0.25, 0.3) is 11.3 Å². The van der Waals surface area contributed by atoms with E-state index in [4.69, 9.17) is 0 Å². The van der Waals surface area contributed by atoms with Crippen molar-refractivity contribution in [3.8, 4) is 11.3 Å². The summed E-state index contributed by atoms with van der Waals surface area (Å²) in [4.78, 5) is 16.0. The van der Waals surface area contributed by atoms with Crippen LogP contribution >= 0.6 is 11.3 Å². The molecule has 1 aromatic carbocycles. The smallest absolute Gasteiger partial charge is 0.302 e. The minimum Gasteiger partial charge on any atom is -0.302 e. The van der Waals surface area contributed by atoms with E-state index in [1.807, 2.05) is 6.92 Å². The van der Waals surface area contributed by atoms with Crippen LogP contribution in [0.2, 0.25) is 0 Å². The molecule has 1 N–H and O–H groups in total. The monoisotopic (exact) mass is 326 g/mol. The zero-order chi connectivity index (χ0) is 15.9. The van der Waals surface area contributed by atoms with Crippen LogP contribution in [-0.2, 0) is 11.0 Å². The second-order valence-corrected chi connectivity index (χ2v) is 6.28. The zero-order valence-corrected chi connectivity index (χ0v) is 12.5. The first-order valence-corrected chi connectivity index (χ1v) is 7.66. The maximum atomic E-state index is 12.7. The van der Waals surface area contributed by atoms with Crippen LogP contribution in [0.15, 0.2) is 29.6 Å². The molecule has 1 amide bonds. The molecular weight excluding hydrogens is 313 g/mol. The molecule has 116 valence electrons. The summed E-state index contributed by atoms with van der Waals surface area (Å²) in [6.07, 6.45) is -3.51. The number of alkyl halides is 3. The third-order valence-electron chi connectivity index (χ3n) is 3.67. The van der Waals surface area contributed by atoms with Gasteiger partial charge in [0.1, 0.15) is 0 Å². The number of hydrogen-bond acceptors (Lipinski definition) is 3. The van der Waals surface area contributed by atoms with Gasteiger partial charge in [-0.05, 0) is 24.5 Å². The van der Waals surface area contributed by atoms with Gasteiger partial charge >= 0.3 is 6.18 Å². The highest BCUT2D eigenvalue weighted by Crippen LogP contribution is 2.39. The highest BCUT2D eigenvalue weighted by molar-refractivity contribution is 7.14. The number of nitrogens with zero attached hydrogens (tertiary/aromatic N) is 1. The average Bonchev–Trinajstić information content (AvgIpc) is 3.01. The van der Waals surface area contributed by atoms with Gasteiger partial charge in [0.2, 0.25) is 5.91 Å². The predicted molar refractivity (Wildman–Crippen MR) is 78.5 cm³/mol. The molecule has 1 aliphatic carbocycles. The fourth-order valence-corrected chi connectivity index (χ4v) is 2.93. The number of hydrogen-bond donors (Lipinski definition) is 1. The highest BCUT2D eigenvalue weighted by atomic mass is 32.1. The Morgan fingerprint density at radius 1 is 1.41 bits per heavy atom. The lowest BCUT2D eigenvalue weighted by atomic mass is 10.1. The topological polar surface area (TPSA) is 42.0 Å². The van der Waals surface area contributed by atoms with Crippen LogP contribution in [0, 0.1) is 11.8 Å². The highest BCUT2D eigenvalue weighted by Gasteiger charge is 2.39. The van der Waals surface area contributed by atoms with E-state index in [2.05, 4.69) is 10.3 Å². The second-order valence-electron chi connectivity index (χ2n) is 5.43. The van der Waals surface area contributed by atoms with Gasteiger partial charge in [-0.2, -0.15) is 13.2 Å². The first-order chi connectivity index (χ1) is 10.3. The van der Waals surface area contributed by atoms with Crippen molar-refractivity contribution in [3.05, 3.63) is 35.2 Å². The molecule has 3 rings (SSSR count). The van der Waals surface area contributed by atoms with Gasteiger partial charge in [0.25, 0.3) is 0 Å². The maximum Gasteiger partial charge on any atom is 0.416 e. The van der Waals surface area contributed by atoms with Gasteiger partial charge in [-0.25, -0.2) is 4.98 Å². The van der Waals surface area contributed by atoms with E-state index in [0.29, 0.717) is 22.3 Å². The minimum absolute atomic E-state index is 0.0286. The zero-order valence-electron chi connectivity index (χ0n) is 11.6. The van der Waals surface area contributed by atoms with Crippen molar-refractivity contribution in [3.63, 3.8) is 0 Å². The molecule has 2 atom stereocenters. The summed E-state index contributed by atoms with van der Waals surface area (Å²) in [5.74, 6) is 0.348. The van der Waals surface area contributed by atoms with Crippen LogP contribution < -0.4 is 5.32 Å². The lowest BCUT2D eigenvalue weighted by Gasteiger charge is -2.07. The van der Waals surface area contributed by atoms with Gasteiger partial charge in [-0.1, -0.05) is 19.1 Å². The molecule has 1 saturated carbocycles. The van der Waals surface area contributed by atoms with E-state index in [1.165, 1.54) is 17.4 Å². The van der Waals surface area contributed by atoms with Crippen LogP contribution in [0.4, 0.5) is 18.3 Å². The number of amides is 1. The summed E-state index contributed by atoms with van der Waals surface area (Å²) < 4.78 is 38.2. The molecule has 0 bridgehead atoms. The molecule has 22 heavy (non-hydrogen) atoms. The Hall–Kier alpha value is -1.89. The largest absolute Gasteiger partial charge is 0.416 e. The van der Waals surface area contributed by atoms with E-state index < -0.39 is 11.7 Å². The number of halogens is 3. The SMILES string of the molecule is C[C@H]1C[C@H]1C(=O)Nc1nc(-c2cccc(C(F)(F)F)c2)cs1. The summed E-state index contributed by atoms with van der Waals surface area (Å²) in [6.45, 7) is 2.00. The van der Waals surface area contributed by atoms with E-state index >= 15 is 0 Å². The Kier molecular flexibility index (Phi) is 3.68. The van der Waals surface area contributed by atoms with E-state index in [9.17, 15) is 18.0 Å². The molecule has 0 spiro atoms. The van der Waals surface area contributed by atoms with Crippen molar-refractivity contribution in [2.75, 3.05) is 5.32 Å². The van der Waals surface area contributed by atoms with Gasteiger partial charge < -0.3 is 5.32 Å². The molecule has 1 fully saturated rings. The van der Waals surface area contributed by atoms with Gasteiger partial charge in [-0.15, -0.1) is 11.3 Å². The summed E-state index contributed by atoms with van der Waals surface area (Å²) in [5, 5.41) is 4.77. The number of benzene rings is 1. The number of aromatic nitrogens is 1. The van der Waals surface area contributed by atoms with Crippen LogP contribution in [0.1, 0.15) is 18.9 Å². The Balaban J connectivity index is 1.77. The Bertz CT molecular complexity index is 711. The molecule has 7 heteroatoms. The van der Waals surface area contributed by atoms with Gasteiger partial charge in [0.15, 0.2) is 5.13 Å². The number of rotatable bonds is 3. The third kappa shape index (κ3) is 3.14. The summed E-state index contributed by atoms with van der Waals surface area (Å²) in [6, 6.07) is 5.00. The Morgan fingerprint density at radius 2 is 2.14 bits per heavy atom. The van der Waals surface area contributed by atoms with Gasteiger partial charge in [0.05, 0.1) is 11.3 Å². The average molecular weight is 326 g/mol. The molecule has 0 saturated heterocycles. The molecule has 1 heterocycles. The molecule has 1 aromatic heterocycles. The lowest BCUT2D eigenvalue weighted by Crippen LogP contribution is -2.14. The van der Waals surface area contributed by atoms with Crippen molar-refractivity contribution in [2.45, 2.75) is 19.5 Å². The maximum absolute atomic E-state index is 12.7. The van der Waals surface area contributed by atoms with Crippen molar-refractivity contribution in [1.82, 2.24) is 4.98 Å². The fraction of sp³-hybridized carbons (Fsp3) is 0.333. The molecule has 2 aromatic rings. The van der Waals surface area contributed by atoms with Crippen molar-refractivity contribution in [1.29, 1.82) is 0 Å². The first-order valence-electron chi connectivity index (χ1n) is 6.78. The summed E-state index contributed by atoms with van der Waals surface area (Å²) >= 11 is 1.21. The number of carbonyl (C=O) groups is 1. The predicted octanol–water partition coefficient (Wildman–Crippen LogP) is 4.42. The number of anilines is 1. The molecule has 0 radical (unpaired) electrons. The van der Waals surface area contributed by atoms with Crippen LogP contribution in [0.3, 0.4) is 0 Å². The normalized spacial score (nSPS) is 20.7. The molecule has 0 aliphatic heterocycles. The molecule has 0 unspecified atom stereocenters. The summed E-state index contributed by atoms with van der Waals surface area (Å²) in [7, 11) is 0. The van der Waals surface area contributed by atoms with Crippen LogP contribution in [0.5, 0.6) is 0 Å². The Labute approximate surface area is 129 Å². The third-order valence-corrected chi connectivity index (χ3v) is 4.42. The van der Waals surface area contributed by atoms with Crippen molar-refractivity contribution < 1.29 is 18.0 Å². The molecular formula is C15H13F3N2OS. The number of thiazole rings is 1. The molecule has 3 nitrogen and oxygen atoms in total. The standard InChI is InChI=1S/C15H13F3N2OS/c1-8-5-11(8)13(21)20-14-19-12(7-22-14)9-3-2-4-10(6-9)15(16,17)18/h2-4,6-8,11H,5H2,1H3,(H,19,20,21)/t8-,11+/m0/s1. The van der Waals surface area contributed by atoms with Gasteiger partial charge in [0, 0.05) is 16.9 Å². The summed E-state index contributed by atoms with van der Waals surface area (Å²) in [5.41, 5.74) is 0.0944. The number of carbonyl (C=O) groups excluding carboxylic acids is 1. The Morgan fingerprint density at radius 3 is 2.77 bits per heavy atom.